The molecule has 0 fully saturated rings. The third-order valence-electron chi connectivity index (χ3n) is 1.52. The van der Waals surface area contributed by atoms with E-state index < -0.39 is 0 Å². The van der Waals surface area contributed by atoms with Crippen LogP contribution >= 0.6 is 12.6 Å². The zero-order valence-electron chi connectivity index (χ0n) is 8.36. The SMILES string of the molecule is CCCC(C)(C)NC(C)(C)S. The van der Waals surface area contributed by atoms with Gasteiger partial charge in [0, 0.05) is 5.54 Å². The summed E-state index contributed by atoms with van der Waals surface area (Å²) in [4.78, 5) is -0.0708. The lowest BCUT2D eigenvalue weighted by Gasteiger charge is -2.34. The molecule has 0 aromatic heterocycles. The van der Waals surface area contributed by atoms with Crippen LogP contribution in [0.25, 0.3) is 0 Å². The predicted octanol–water partition coefficient (Wildman–Crippen LogP) is 2.82. The summed E-state index contributed by atoms with van der Waals surface area (Å²) < 4.78 is 0. The van der Waals surface area contributed by atoms with Crippen molar-refractivity contribution in [3.05, 3.63) is 0 Å². The summed E-state index contributed by atoms with van der Waals surface area (Å²) in [7, 11) is 0. The largest absolute Gasteiger partial charge is 0.298 e. The van der Waals surface area contributed by atoms with Gasteiger partial charge in [-0.25, -0.2) is 0 Å². The second-order valence-electron chi connectivity index (χ2n) is 4.32. The van der Waals surface area contributed by atoms with Crippen LogP contribution in [0.2, 0.25) is 0 Å². The van der Waals surface area contributed by atoms with Gasteiger partial charge in [-0.1, -0.05) is 13.3 Å². The Bertz CT molecular complexity index is 113. The van der Waals surface area contributed by atoms with Crippen molar-refractivity contribution in [2.24, 2.45) is 0 Å². The Labute approximate surface area is 76.4 Å². The summed E-state index contributed by atoms with van der Waals surface area (Å²) >= 11 is 4.43. The number of thiol groups is 1. The van der Waals surface area contributed by atoms with E-state index in [1.54, 1.807) is 0 Å². The normalized spacial score (nSPS) is 13.6. The van der Waals surface area contributed by atoms with Crippen LogP contribution in [-0.4, -0.2) is 10.4 Å². The predicted molar refractivity (Wildman–Crippen MR) is 55.2 cm³/mol. The number of nitrogens with one attached hydrogen (secondary N) is 1. The third-order valence-corrected chi connectivity index (χ3v) is 1.63. The zero-order chi connectivity index (χ0) is 9.12. The Hall–Kier alpha value is 0.310. The molecule has 0 radical (unpaired) electrons. The molecule has 0 spiro atoms. The smallest absolute Gasteiger partial charge is 0.0562 e. The van der Waals surface area contributed by atoms with Crippen LogP contribution in [0, 0.1) is 0 Å². The van der Waals surface area contributed by atoms with Crippen LogP contribution in [0.4, 0.5) is 0 Å². The van der Waals surface area contributed by atoms with Gasteiger partial charge in [0.1, 0.15) is 0 Å². The van der Waals surface area contributed by atoms with Gasteiger partial charge in [-0.15, -0.1) is 0 Å². The number of hydrogen-bond acceptors (Lipinski definition) is 2. The van der Waals surface area contributed by atoms with Gasteiger partial charge < -0.3 is 0 Å². The highest BCUT2D eigenvalue weighted by Gasteiger charge is 2.23. The highest BCUT2D eigenvalue weighted by molar-refractivity contribution is 7.81. The molecule has 1 nitrogen and oxygen atoms in total. The molecule has 0 aliphatic heterocycles. The second kappa shape index (κ2) is 3.81. The minimum atomic E-state index is -0.0708. The number of rotatable bonds is 4. The van der Waals surface area contributed by atoms with E-state index in [0.29, 0.717) is 0 Å². The molecule has 1 N–H and O–H groups in total. The lowest BCUT2D eigenvalue weighted by Crippen LogP contribution is -2.48. The van der Waals surface area contributed by atoms with Crippen molar-refractivity contribution in [2.45, 2.75) is 57.9 Å². The Balaban J connectivity index is 3.91. The maximum absolute atomic E-state index is 4.43. The Morgan fingerprint density at radius 1 is 1.18 bits per heavy atom. The van der Waals surface area contributed by atoms with Crippen LogP contribution in [0.15, 0.2) is 0 Å². The van der Waals surface area contributed by atoms with Crippen molar-refractivity contribution in [1.82, 2.24) is 5.32 Å². The standard InChI is InChI=1S/C9H21NS/c1-6-7-8(2,3)10-9(4,5)11/h10-11H,6-7H2,1-5H3. The first kappa shape index (κ1) is 11.3. The van der Waals surface area contributed by atoms with Gasteiger partial charge in [-0.2, -0.15) is 12.6 Å². The van der Waals surface area contributed by atoms with E-state index in [4.69, 9.17) is 0 Å². The van der Waals surface area contributed by atoms with E-state index >= 15 is 0 Å². The van der Waals surface area contributed by atoms with Crippen LogP contribution in [0.1, 0.15) is 47.5 Å². The van der Waals surface area contributed by atoms with E-state index in [1.165, 1.54) is 12.8 Å². The molecule has 0 bridgehead atoms. The van der Waals surface area contributed by atoms with Crippen molar-refractivity contribution in [3.63, 3.8) is 0 Å². The van der Waals surface area contributed by atoms with Gasteiger partial charge in [-0.3, -0.25) is 5.32 Å². The van der Waals surface area contributed by atoms with Crippen molar-refractivity contribution >= 4 is 12.6 Å². The summed E-state index contributed by atoms with van der Waals surface area (Å²) in [6.07, 6.45) is 2.40. The van der Waals surface area contributed by atoms with E-state index in [-0.39, 0.29) is 10.4 Å². The fraction of sp³-hybridized carbons (Fsp3) is 1.00. The zero-order valence-corrected chi connectivity index (χ0v) is 9.26. The summed E-state index contributed by atoms with van der Waals surface area (Å²) in [5.41, 5.74) is 0.208. The molecule has 0 atom stereocenters. The fourth-order valence-corrected chi connectivity index (χ4v) is 1.82. The third kappa shape index (κ3) is 6.70. The molecule has 0 unspecified atom stereocenters. The molecule has 0 saturated carbocycles. The fourth-order valence-electron chi connectivity index (χ4n) is 1.52. The topological polar surface area (TPSA) is 12.0 Å². The summed E-state index contributed by atoms with van der Waals surface area (Å²) in [6.45, 7) is 10.8. The van der Waals surface area contributed by atoms with E-state index in [1.807, 2.05) is 0 Å². The van der Waals surface area contributed by atoms with Gasteiger partial charge in [0.15, 0.2) is 0 Å². The molecule has 11 heavy (non-hydrogen) atoms. The lowest BCUT2D eigenvalue weighted by atomic mass is 9.98. The summed E-state index contributed by atoms with van der Waals surface area (Å²) in [5, 5.41) is 3.46. The van der Waals surface area contributed by atoms with Crippen molar-refractivity contribution in [2.75, 3.05) is 0 Å². The van der Waals surface area contributed by atoms with Gasteiger partial charge >= 0.3 is 0 Å². The molecule has 0 heterocycles. The maximum atomic E-state index is 4.43. The molecular weight excluding hydrogens is 154 g/mol. The monoisotopic (exact) mass is 175 g/mol. The van der Waals surface area contributed by atoms with Crippen LogP contribution in [0.5, 0.6) is 0 Å². The Kier molecular flexibility index (Phi) is 3.92. The van der Waals surface area contributed by atoms with Crippen LogP contribution < -0.4 is 5.32 Å². The highest BCUT2D eigenvalue weighted by atomic mass is 32.1. The first-order chi connectivity index (χ1) is 4.77. The number of hydrogen-bond donors (Lipinski definition) is 2. The molecule has 0 rings (SSSR count). The minimum Gasteiger partial charge on any atom is -0.298 e. The maximum Gasteiger partial charge on any atom is 0.0562 e. The van der Waals surface area contributed by atoms with Crippen molar-refractivity contribution in [3.8, 4) is 0 Å². The molecule has 68 valence electrons. The first-order valence-electron chi connectivity index (χ1n) is 4.28. The van der Waals surface area contributed by atoms with Gasteiger partial charge in [0.2, 0.25) is 0 Å². The summed E-state index contributed by atoms with van der Waals surface area (Å²) in [6, 6.07) is 0. The summed E-state index contributed by atoms with van der Waals surface area (Å²) in [5.74, 6) is 0. The van der Waals surface area contributed by atoms with Crippen molar-refractivity contribution in [1.29, 1.82) is 0 Å². The minimum absolute atomic E-state index is 0.0708. The molecule has 0 aliphatic rings. The molecule has 0 aromatic carbocycles. The van der Waals surface area contributed by atoms with E-state index in [2.05, 4.69) is 52.6 Å². The average molecular weight is 175 g/mol. The average Bonchev–Trinajstić information content (AvgIpc) is 1.55. The Morgan fingerprint density at radius 3 is 1.91 bits per heavy atom. The quantitative estimate of drug-likeness (QED) is 0.494. The van der Waals surface area contributed by atoms with Crippen LogP contribution in [0.3, 0.4) is 0 Å². The van der Waals surface area contributed by atoms with Gasteiger partial charge in [0.25, 0.3) is 0 Å². The van der Waals surface area contributed by atoms with Crippen LogP contribution in [-0.2, 0) is 0 Å². The molecule has 0 aliphatic carbocycles. The van der Waals surface area contributed by atoms with E-state index in [9.17, 15) is 0 Å². The molecule has 0 saturated heterocycles. The molecule has 0 amide bonds. The molecular formula is C9H21NS. The highest BCUT2D eigenvalue weighted by Crippen LogP contribution is 2.18. The Morgan fingerprint density at radius 2 is 1.64 bits per heavy atom. The second-order valence-corrected chi connectivity index (χ2v) is 5.44. The molecule has 2 heteroatoms. The van der Waals surface area contributed by atoms with E-state index in [0.717, 1.165) is 0 Å². The van der Waals surface area contributed by atoms with Crippen molar-refractivity contribution < 1.29 is 0 Å². The lowest BCUT2D eigenvalue weighted by molar-refractivity contribution is 0.314. The van der Waals surface area contributed by atoms with Gasteiger partial charge in [0.05, 0.1) is 4.87 Å². The first-order valence-corrected chi connectivity index (χ1v) is 4.73. The van der Waals surface area contributed by atoms with Gasteiger partial charge in [-0.05, 0) is 34.1 Å². The molecule has 0 aromatic rings.